The van der Waals surface area contributed by atoms with Gasteiger partial charge in [0.15, 0.2) is 0 Å². The second kappa shape index (κ2) is 7.43. The van der Waals surface area contributed by atoms with Gasteiger partial charge >= 0.3 is 0 Å². The predicted octanol–water partition coefficient (Wildman–Crippen LogP) is 2.78. The molecule has 1 atom stereocenters. The molecule has 0 aliphatic heterocycles. The fraction of sp³-hybridized carbons (Fsp3) is 0.400. The Kier molecular flexibility index (Phi) is 5.59. The Hall–Kier alpha value is -1.36. The van der Waals surface area contributed by atoms with Crippen LogP contribution in [-0.2, 0) is 6.54 Å². The second-order valence-corrected chi connectivity index (χ2v) is 5.23. The molecule has 0 bridgehead atoms. The lowest BCUT2D eigenvalue weighted by Crippen LogP contribution is -2.19. The topological polar surface area (TPSA) is 50.1 Å². The lowest BCUT2D eigenvalue weighted by molar-refractivity contribution is 0.159. The lowest BCUT2D eigenvalue weighted by atomic mass is 10.2. The standard InChI is InChI=1S/C15H20ClN3O/c1-2-15(20)7-8-17-9-12-10-18-19(11-12)14-5-3-13(16)4-6-14/h3-6,10-11,15,17,20H,2,7-9H2,1H3. The molecule has 0 aliphatic carbocycles. The normalized spacial score (nSPS) is 12.6. The van der Waals surface area contributed by atoms with E-state index in [1.165, 1.54) is 0 Å². The minimum Gasteiger partial charge on any atom is -0.393 e. The van der Waals surface area contributed by atoms with Crippen molar-refractivity contribution in [3.63, 3.8) is 0 Å². The van der Waals surface area contributed by atoms with Crippen molar-refractivity contribution < 1.29 is 5.11 Å². The molecule has 20 heavy (non-hydrogen) atoms. The molecule has 4 nitrogen and oxygen atoms in total. The highest BCUT2D eigenvalue weighted by Crippen LogP contribution is 2.13. The number of hydrogen-bond acceptors (Lipinski definition) is 3. The molecule has 0 aliphatic rings. The van der Waals surface area contributed by atoms with Gasteiger partial charge in [-0.3, -0.25) is 0 Å². The van der Waals surface area contributed by atoms with Crippen LogP contribution >= 0.6 is 11.6 Å². The third-order valence-corrected chi connectivity index (χ3v) is 3.43. The molecule has 0 saturated heterocycles. The van der Waals surface area contributed by atoms with Gasteiger partial charge in [-0.2, -0.15) is 5.10 Å². The summed E-state index contributed by atoms with van der Waals surface area (Å²) in [5.41, 5.74) is 2.10. The predicted molar refractivity (Wildman–Crippen MR) is 81.2 cm³/mol. The maximum Gasteiger partial charge on any atom is 0.0646 e. The van der Waals surface area contributed by atoms with E-state index < -0.39 is 0 Å². The molecular formula is C15H20ClN3O. The number of halogens is 1. The van der Waals surface area contributed by atoms with Gasteiger partial charge in [-0.15, -0.1) is 0 Å². The summed E-state index contributed by atoms with van der Waals surface area (Å²) < 4.78 is 1.83. The first-order valence-electron chi connectivity index (χ1n) is 6.87. The number of aliphatic hydroxyl groups is 1. The maximum absolute atomic E-state index is 9.46. The van der Waals surface area contributed by atoms with Crippen LogP contribution in [0, 0.1) is 0 Å². The van der Waals surface area contributed by atoms with E-state index in [-0.39, 0.29) is 6.10 Å². The summed E-state index contributed by atoms with van der Waals surface area (Å²) in [5.74, 6) is 0. The van der Waals surface area contributed by atoms with Gasteiger partial charge in [0.2, 0.25) is 0 Å². The fourth-order valence-corrected chi connectivity index (χ4v) is 2.02. The van der Waals surface area contributed by atoms with Crippen LogP contribution < -0.4 is 5.32 Å². The summed E-state index contributed by atoms with van der Waals surface area (Å²) in [7, 11) is 0. The average molecular weight is 294 g/mol. The molecule has 2 N–H and O–H groups in total. The van der Waals surface area contributed by atoms with Gasteiger partial charge in [0, 0.05) is 23.3 Å². The number of nitrogens with zero attached hydrogens (tertiary/aromatic N) is 2. The molecule has 0 radical (unpaired) electrons. The van der Waals surface area contributed by atoms with Crippen LogP contribution in [0.1, 0.15) is 25.3 Å². The minimum absolute atomic E-state index is 0.209. The van der Waals surface area contributed by atoms with E-state index >= 15 is 0 Å². The summed E-state index contributed by atoms with van der Waals surface area (Å²) in [6, 6.07) is 7.57. The molecular weight excluding hydrogens is 274 g/mol. The number of aromatic nitrogens is 2. The summed E-state index contributed by atoms with van der Waals surface area (Å²) in [6.07, 6.45) is 5.21. The number of hydrogen-bond donors (Lipinski definition) is 2. The molecule has 1 heterocycles. The molecule has 0 saturated carbocycles. The van der Waals surface area contributed by atoms with Crippen molar-refractivity contribution in [2.75, 3.05) is 6.54 Å². The van der Waals surface area contributed by atoms with Gasteiger partial charge in [0.25, 0.3) is 0 Å². The minimum atomic E-state index is -0.209. The number of aliphatic hydroxyl groups excluding tert-OH is 1. The van der Waals surface area contributed by atoms with Crippen LogP contribution in [0.25, 0.3) is 5.69 Å². The Bertz CT molecular complexity index is 524. The van der Waals surface area contributed by atoms with Gasteiger partial charge in [-0.25, -0.2) is 4.68 Å². The molecule has 2 aromatic rings. The van der Waals surface area contributed by atoms with E-state index in [2.05, 4.69) is 10.4 Å². The third-order valence-electron chi connectivity index (χ3n) is 3.18. The summed E-state index contributed by atoms with van der Waals surface area (Å²) in [6.45, 7) is 3.55. The highest BCUT2D eigenvalue weighted by Gasteiger charge is 2.02. The van der Waals surface area contributed by atoms with Gasteiger partial charge in [-0.1, -0.05) is 18.5 Å². The Morgan fingerprint density at radius 2 is 2.10 bits per heavy atom. The molecule has 0 fully saturated rings. The van der Waals surface area contributed by atoms with Crippen LogP contribution in [0.2, 0.25) is 5.02 Å². The van der Waals surface area contributed by atoms with Gasteiger partial charge in [0.1, 0.15) is 0 Å². The highest BCUT2D eigenvalue weighted by molar-refractivity contribution is 6.30. The first kappa shape index (κ1) is 15.0. The first-order valence-corrected chi connectivity index (χ1v) is 7.25. The van der Waals surface area contributed by atoms with Gasteiger partial charge in [0.05, 0.1) is 18.0 Å². The van der Waals surface area contributed by atoms with Crippen LogP contribution in [-0.4, -0.2) is 27.5 Å². The molecule has 0 amide bonds. The fourth-order valence-electron chi connectivity index (χ4n) is 1.89. The van der Waals surface area contributed by atoms with Crippen LogP contribution in [0.5, 0.6) is 0 Å². The zero-order chi connectivity index (χ0) is 14.4. The SMILES string of the molecule is CCC(O)CCNCc1cnn(-c2ccc(Cl)cc2)c1. The second-order valence-electron chi connectivity index (χ2n) is 4.80. The zero-order valence-corrected chi connectivity index (χ0v) is 12.3. The molecule has 108 valence electrons. The van der Waals surface area contributed by atoms with E-state index in [1.54, 1.807) is 0 Å². The number of nitrogens with one attached hydrogen (secondary N) is 1. The number of benzene rings is 1. The first-order chi connectivity index (χ1) is 9.69. The largest absolute Gasteiger partial charge is 0.393 e. The van der Waals surface area contributed by atoms with Gasteiger partial charge < -0.3 is 10.4 Å². The Morgan fingerprint density at radius 1 is 1.35 bits per heavy atom. The van der Waals surface area contributed by atoms with E-state index in [1.807, 2.05) is 48.3 Å². The van der Waals surface area contributed by atoms with Crippen LogP contribution in [0.3, 0.4) is 0 Å². The Morgan fingerprint density at radius 3 is 2.80 bits per heavy atom. The summed E-state index contributed by atoms with van der Waals surface area (Å²) in [5, 5.41) is 17.8. The molecule has 1 aromatic heterocycles. The van der Waals surface area contributed by atoms with Crippen molar-refractivity contribution in [1.29, 1.82) is 0 Å². The molecule has 1 unspecified atom stereocenters. The van der Waals surface area contributed by atoms with Crippen molar-refractivity contribution in [2.45, 2.75) is 32.4 Å². The van der Waals surface area contributed by atoms with Gasteiger partial charge in [-0.05, 0) is 43.7 Å². The molecule has 0 spiro atoms. The average Bonchev–Trinajstić information content (AvgIpc) is 2.93. The molecule has 2 rings (SSSR count). The molecule has 5 heteroatoms. The van der Waals surface area contributed by atoms with Crippen molar-refractivity contribution in [2.24, 2.45) is 0 Å². The van der Waals surface area contributed by atoms with Crippen molar-refractivity contribution >= 4 is 11.6 Å². The number of rotatable bonds is 7. The quantitative estimate of drug-likeness (QED) is 0.772. The van der Waals surface area contributed by atoms with E-state index in [9.17, 15) is 5.11 Å². The van der Waals surface area contributed by atoms with E-state index in [0.29, 0.717) is 0 Å². The smallest absolute Gasteiger partial charge is 0.0646 e. The van der Waals surface area contributed by atoms with E-state index in [0.717, 1.165) is 42.2 Å². The highest BCUT2D eigenvalue weighted by atomic mass is 35.5. The maximum atomic E-state index is 9.46. The van der Waals surface area contributed by atoms with E-state index in [4.69, 9.17) is 11.6 Å². The monoisotopic (exact) mass is 293 g/mol. The van der Waals surface area contributed by atoms with Crippen molar-refractivity contribution in [1.82, 2.24) is 15.1 Å². The van der Waals surface area contributed by atoms with Crippen molar-refractivity contribution in [3.8, 4) is 5.69 Å². The van der Waals surface area contributed by atoms with Crippen molar-refractivity contribution in [3.05, 3.63) is 47.2 Å². The van der Waals surface area contributed by atoms with Crippen LogP contribution in [0.4, 0.5) is 0 Å². The molecule has 1 aromatic carbocycles. The Labute approximate surface area is 124 Å². The summed E-state index contributed by atoms with van der Waals surface area (Å²) in [4.78, 5) is 0. The lowest BCUT2D eigenvalue weighted by Gasteiger charge is -2.07. The third kappa shape index (κ3) is 4.34. The van der Waals surface area contributed by atoms with Crippen LogP contribution in [0.15, 0.2) is 36.7 Å². The summed E-state index contributed by atoms with van der Waals surface area (Å²) >= 11 is 5.87. The Balaban J connectivity index is 1.85. The zero-order valence-electron chi connectivity index (χ0n) is 11.6.